The number of alkyl halides is 3. The Kier molecular flexibility index (Phi) is 6.87. The Bertz CT molecular complexity index is 449. The van der Waals surface area contributed by atoms with Crippen molar-refractivity contribution in [2.24, 2.45) is 0 Å². The molecule has 1 aromatic carbocycles. The summed E-state index contributed by atoms with van der Waals surface area (Å²) < 4.78 is 39.9. The van der Waals surface area contributed by atoms with Crippen LogP contribution >= 0.6 is 11.8 Å². The van der Waals surface area contributed by atoms with Gasteiger partial charge in [-0.15, -0.1) is 0 Å². The second kappa shape index (κ2) is 7.94. The van der Waals surface area contributed by atoms with Gasteiger partial charge in [0.1, 0.15) is 0 Å². The van der Waals surface area contributed by atoms with Gasteiger partial charge in [0.05, 0.1) is 5.56 Å². The van der Waals surface area contributed by atoms with E-state index in [9.17, 15) is 13.2 Å². The molecule has 0 aromatic heterocycles. The highest BCUT2D eigenvalue weighted by molar-refractivity contribution is 7.98. The number of benzene rings is 1. The van der Waals surface area contributed by atoms with Crippen LogP contribution in [0.25, 0.3) is 0 Å². The van der Waals surface area contributed by atoms with E-state index in [1.165, 1.54) is 6.07 Å². The van der Waals surface area contributed by atoms with E-state index < -0.39 is 11.7 Å². The summed E-state index contributed by atoms with van der Waals surface area (Å²) in [6.07, 6.45) is -1.49. The van der Waals surface area contributed by atoms with Gasteiger partial charge in [-0.1, -0.05) is 6.07 Å². The molecule has 1 unspecified atom stereocenters. The molecule has 0 heterocycles. The van der Waals surface area contributed by atoms with Gasteiger partial charge in [0.15, 0.2) is 0 Å². The van der Waals surface area contributed by atoms with Gasteiger partial charge >= 0.3 is 6.18 Å². The monoisotopic (exact) mass is 320 g/mol. The fourth-order valence-corrected chi connectivity index (χ4v) is 2.73. The zero-order valence-corrected chi connectivity index (χ0v) is 13.7. The summed E-state index contributed by atoms with van der Waals surface area (Å²) in [6, 6.07) is 4.63. The molecule has 6 heteroatoms. The summed E-state index contributed by atoms with van der Waals surface area (Å²) in [5.41, 5.74) is 0.323. The number of hydrogen-bond donors (Lipinski definition) is 1. The third-order valence-electron chi connectivity index (χ3n) is 3.53. The predicted octanol–water partition coefficient (Wildman–Crippen LogP) is 4.00. The first-order valence-corrected chi connectivity index (χ1v) is 8.27. The van der Waals surface area contributed by atoms with Crippen molar-refractivity contribution in [3.63, 3.8) is 0 Å². The summed E-state index contributed by atoms with van der Waals surface area (Å²) in [5, 5.41) is 2.88. The molecule has 0 saturated heterocycles. The molecule has 0 spiro atoms. The van der Waals surface area contributed by atoms with Crippen molar-refractivity contribution >= 4 is 17.4 Å². The Balaban J connectivity index is 3.10. The van der Waals surface area contributed by atoms with E-state index in [0.717, 1.165) is 12.2 Å². The first-order chi connectivity index (χ1) is 9.81. The van der Waals surface area contributed by atoms with Crippen molar-refractivity contribution < 1.29 is 13.2 Å². The normalized spacial score (nSPS) is 13.3. The van der Waals surface area contributed by atoms with Gasteiger partial charge in [0, 0.05) is 25.3 Å². The van der Waals surface area contributed by atoms with Crippen LogP contribution in [0.5, 0.6) is 0 Å². The van der Waals surface area contributed by atoms with Gasteiger partial charge < -0.3 is 10.2 Å². The van der Waals surface area contributed by atoms with E-state index >= 15 is 0 Å². The number of thioether (sulfide) groups is 1. The van der Waals surface area contributed by atoms with Crippen LogP contribution < -0.4 is 10.2 Å². The molecule has 0 radical (unpaired) electrons. The van der Waals surface area contributed by atoms with Crippen LogP contribution in [0, 0.1) is 0 Å². The molecular weight excluding hydrogens is 297 g/mol. The van der Waals surface area contributed by atoms with E-state index in [-0.39, 0.29) is 11.7 Å². The lowest BCUT2D eigenvalue weighted by atomic mass is 10.1. The van der Waals surface area contributed by atoms with Crippen LogP contribution in [0.3, 0.4) is 0 Å². The van der Waals surface area contributed by atoms with Crippen LogP contribution in [0.15, 0.2) is 18.2 Å². The maximum absolute atomic E-state index is 13.3. The largest absolute Gasteiger partial charge is 0.418 e. The minimum Gasteiger partial charge on any atom is -0.371 e. The molecule has 21 heavy (non-hydrogen) atoms. The Labute approximate surface area is 129 Å². The molecule has 0 aliphatic heterocycles. The molecule has 1 N–H and O–H groups in total. The molecule has 0 aliphatic carbocycles. The molecule has 0 bridgehead atoms. The Morgan fingerprint density at radius 2 is 2.00 bits per heavy atom. The van der Waals surface area contributed by atoms with E-state index in [1.54, 1.807) is 42.9 Å². The number of anilines is 1. The molecule has 1 aromatic rings. The van der Waals surface area contributed by atoms with E-state index in [1.807, 2.05) is 13.2 Å². The Hall–Kier alpha value is -0.880. The smallest absolute Gasteiger partial charge is 0.371 e. The van der Waals surface area contributed by atoms with Crippen molar-refractivity contribution in [2.75, 3.05) is 31.0 Å². The van der Waals surface area contributed by atoms with Crippen LogP contribution in [-0.2, 0) is 12.7 Å². The van der Waals surface area contributed by atoms with Crippen molar-refractivity contribution in [1.29, 1.82) is 0 Å². The van der Waals surface area contributed by atoms with Gasteiger partial charge in [0.25, 0.3) is 0 Å². The fourth-order valence-electron chi connectivity index (χ4n) is 2.15. The topological polar surface area (TPSA) is 15.3 Å². The summed E-state index contributed by atoms with van der Waals surface area (Å²) >= 11 is 1.70. The van der Waals surface area contributed by atoms with Gasteiger partial charge in [-0.2, -0.15) is 24.9 Å². The second-order valence-electron chi connectivity index (χ2n) is 5.12. The summed E-state index contributed by atoms with van der Waals surface area (Å²) in [6.45, 7) is 2.38. The number of halogens is 3. The zero-order chi connectivity index (χ0) is 16.0. The van der Waals surface area contributed by atoms with E-state index in [4.69, 9.17) is 0 Å². The van der Waals surface area contributed by atoms with Crippen molar-refractivity contribution in [1.82, 2.24) is 5.32 Å². The second-order valence-corrected chi connectivity index (χ2v) is 6.11. The van der Waals surface area contributed by atoms with Gasteiger partial charge in [-0.3, -0.25) is 0 Å². The predicted molar refractivity (Wildman–Crippen MR) is 85.1 cm³/mol. The highest BCUT2D eigenvalue weighted by atomic mass is 32.2. The van der Waals surface area contributed by atoms with Crippen LogP contribution in [0.2, 0.25) is 0 Å². The molecule has 0 aliphatic rings. The lowest BCUT2D eigenvalue weighted by molar-refractivity contribution is -0.137. The Morgan fingerprint density at radius 1 is 1.33 bits per heavy atom. The van der Waals surface area contributed by atoms with Crippen molar-refractivity contribution in [3.8, 4) is 0 Å². The first kappa shape index (κ1) is 18.2. The number of nitrogens with zero attached hydrogens (tertiary/aromatic N) is 1. The van der Waals surface area contributed by atoms with E-state index in [0.29, 0.717) is 12.1 Å². The molecular formula is C15H23F3N2S. The lowest BCUT2D eigenvalue weighted by Gasteiger charge is -2.30. The maximum Gasteiger partial charge on any atom is 0.418 e. The first-order valence-electron chi connectivity index (χ1n) is 6.87. The molecule has 1 rings (SSSR count). The van der Waals surface area contributed by atoms with Gasteiger partial charge in [-0.25, -0.2) is 0 Å². The lowest BCUT2D eigenvalue weighted by Crippen LogP contribution is -2.31. The number of hydrogen-bond acceptors (Lipinski definition) is 3. The SMILES string of the molecule is CNCc1ccc(N(C)C(C)CCSC)c(C(F)(F)F)c1. The van der Waals surface area contributed by atoms with Gasteiger partial charge in [0.2, 0.25) is 0 Å². The average Bonchev–Trinajstić information content (AvgIpc) is 2.43. The highest BCUT2D eigenvalue weighted by Crippen LogP contribution is 2.37. The van der Waals surface area contributed by atoms with Crippen LogP contribution in [0.1, 0.15) is 24.5 Å². The molecule has 0 amide bonds. The van der Waals surface area contributed by atoms with Crippen LogP contribution in [0.4, 0.5) is 18.9 Å². The summed E-state index contributed by atoms with van der Waals surface area (Å²) in [5.74, 6) is 0.935. The fraction of sp³-hybridized carbons (Fsp3) is 0.600. The standard InChI is InChI=1S/C15H23F3N2S/c1-11(7-8-21-4)20(3)14-6-5-12(10-19-2)9-13(14)15(16,17)18/h5-6,9,11,19H,7-8,10H2,1-4H3. The minimum atomic E-state index is -4.34. The molecule has 1 atom stereocenters. The summed E-state index contributed by atoms with van der Waals surface area (Å²) in [7, 11) is 3.45. The molecule has 0 fully saturated rings. The van der Waals surface area contributed by atoms with Crippen molar-refractivity contribution in [3.05, 3.63) is 29.3 Å². The third kappa shape index (κ3) is 5.11. The Morgan fingerprint density at radius 3 is 2.52 bits per heavy atom. The maximum atomic E-state index is 13.3. The van der Waals surface area contributed by atoms with Crippen molar-refractivity contribution in [2.45, 2.75) is 32.1 Å². The number of rotatable bonds is 7. The minimum absolute atomic E-state index is 0.0636. The molecule has 2 nitrogen and oxygen atoms in total. The zero-order valence-electron chi connectivity index (χ0n) is 12.9. The molecule has 0 saturated carbocycles. The average molecular weight is 320 g/mol. The molecule has 120 valence electrons. The van der Waals surface area contributed by atoms with E-state index in [2.05, 4.69) is 5.32 Å². The highest BCUT2D eigenvalue weighted by Gasteiger charge is 2.35. The number of nitrogens with one attached hydrogen (secondary N) is 1. The van der Waals surface area contributed by atoms with Gasteiger partial charge in [-0.05, 0) is 50.1 Å². The quantitative estimate of drug-likeness (QED) is 0.817. The third-order valence-corrected chi connectivity index (χ3v) is 4.17. The summed E-state index contributed by atoms with van der Waals surface area (Å²) in [4.78, 5) is 1.72. The van der Waals surface area contributed by atoms with Crippen LogP contribution in [-0.4, -0.2) is 32.1 Å².